The molecule has 9 nitrogen and oxygen atoms in total. The zero-order valence-corrected chi connectivity index (χ0v) is 17.5. The monoisotopic (exact) mass is 411 g/mol. The maximum Gasteiger partial charge on any atom is 0.222 e. The Kier molecular flexibility index (Phi) is 6.29. The summed E-state index contributed by atoms with van der Waals surface area (Å²) < 4.78 is 12.7. The molecule has 1 fully saturated rings. The Morgan fingerprint density at radius 1 is 1.23 bits per heavy atom. The Bertz CT molecular complexity index is 1000. The van der Waals surface area contributed by atoms with Crippen molar-refractivity contribution in [3.8, 4) is 5.75 Å². The largest absolute Gasteiger partial charge is 0.496 e. The van der Waals surface area contributed by atoms with Gasteiger partial charge in [-0.05, 0) is 24.5 Å². The molecular weight excluding hydrogens is 382 g/mol. The van der Waals surface area contributed by atoms with E-state index in [0.29, 0.717) is 37.1 Å². The minimum absolute atomic E-state index is 0.211. The number of methoxy groups -OCH3 is 2. The molecule has 160 valence electrons. The quantitative estimate of drug-likeness (QED) is 0.435. The molecule has 1 aliphatic rings. The highest BCUT2D eigenvalue weighted by Crippen LogP contribution is 2.26. The van der Waals surface area contributed by atoms with Gasteiger partial charge in [0.15, 0.2) is 5.82 Å². The third kappa shape index (κ3) is 4.47. The lowest BCUT2D eigenvalue weighted by Crippen LogP contribution is -2.34. The van der Waals surface area contributed by atoms with Crippen molar-refractivity contribution in [2.24, 2.45) is 0 Å². The van der Waals surface area contributed by atoms with Crippen molar-refractivity contribution in [2.45, 2.75) is 38.4 Å². The van der Waals surface area contributed by atoms with Crippen molar-refractivity contribution in [3.63, 3.8) is 0 Å². The summed E-state index contributed by atoms with van der Waals surface area (Å²) in [4.78, 5) is 8.67. The van der Waals surface area contributed by atoms with Gasteiger partial charge in [-0.1, -0.05) is 18.6 Å². The molecule has 1 aliphatic carbocycles. The summed E-state index contributed by atoms with van der Waals surface area (Å²) in [5.74, 6) is 1.70. The predicted molar refractivity (Wildman–Crippen MR) is 117 cm³/mol. The predicted octanol–water partition coefficient (Wildman–Crippen LogP) is 2.17. The lowest BCUT2D eigenvalue weighted by Gasteiger charge is -2.26. The van der Waals surface area contributed by atoms with E-state index in [1.807, 2.05) is 4.68 Å². The van der Waals surface area contributed by atoms with Gasteiger partial charge < -0.3 is 25.8 Å². The van der Waals surface area contributed by atoms with Gasteiger partial charge in [0.05, 0.1) is 26.5 Å². The molecule has 0 saturated heterocycles. The second-order valence-corrected chi connectivity index (χ2v) is 7.54. The van der Waals surface area contributed by atoms with Crippen LogP contribution in [0, 0.1) is 0 Å². The molecule has 1 aromatic carbocycles. The van der Waals surface area contributed by atoms with E-state index in [0.717, 1.165) is 23.4 Å². The second-order valence-electron chi connectivity index (χ2n) is 7.54. The molecule has 9 heteroatoms. The second kappa shape index (κ2) is 9.27. The highest BCUT2D eigenvalue weighted by atomic mass is 16.5. The molecular formula is C21H29N7O2. The van der Waals surface area contributed by atoms with Gasteiger partial charge in [-0.25, -0.2) is 4.98 Å². The molecule has 4 rings (SSSR count). The number of aromatic nitrogens is 4. The summed E-state index contributed by atoms with van der Waals surface area (Å²) in [5, 5.41) is 11.4. The molecule has 0 radical (unpaired) electrons. The highest BCUT2D eigenvalue weighted by molar-refractivity contribution is 5.86. The minimum atomic E-state index is 0.211. The van der Waals surface area contributed by atoms with E-state index in [4.69, 9.17) is 15.2 Å². The van der Waals surface area contributed by atoms with Crippen LogP contribution in [0.3, 0.4) is 0 Å². The first kappa shape index (κ1) is 20.4. The van der Waals surface area contributed by atoms with Gasteiger partial charge in [0.1, 0.15) is 16.8 Å². The Balaban J connectivity index is 1.56. The smallest absolute Gasteiger partial charge is 0.222 e. The molecule has 1 saturated carbocycles. The van der Waals surface area contributed by atoms with Crippen molar-refractivity contribution in [3.05, 3.63) is 35.5 Å². The van der Waals surface area contributed by atoms with Crippen LogP contribution in [-0.4, -0.2) is 53.2 Å². The molecule has 0 amide bonds. The van der Waals surface area contributed by atoms with Crippen LogP contribution in [0.25, 0.3) is 11.0 Å². The van der Waals surface area contributed by atoms with E-state index < -0.39 is 0 Å². The maximum absolute atomic E-state index is 5.86. The van der Waals surface area contributed by atoms with Gasteiger partial charge in [0.2, 0.25) is 5.95 Å². The number of nitrogens with zero attached hydrogens (tertiary/aromatic N) is 4. The number of nitrogens with two attached hydrogens (primary N) is 1. The first-order chi connectivity index (χ1) is 14.7. The molecule has 2 heterocycles. The fourth-order valence-corrected chi connectivity index (χ4v) is 3.60. The number of rotatable bonds is 10. The molecule has 0 atom stereocenters. The van der Waals surface area contributed by atoms with Crippen LogP contribution in [0.5, 0.6) is 5.75 Å². The highest BCUT2D eigenvalue weighted by Gasteiger charge is 2.17. The average Bonchev–Trinajstić information content (AvgIpc) is 3.10. The Morgan fingerprint density at radius 3 is 2.83 bits per heavy atom. The lowest BCUT2D eigenvalue weighted by atomic mass is 9.93. The van der Waals surface area contributed by atoms with Crippen LogP contribution in [0.15, 0.2) is 24.4 Å². The van der Waals surface area contributed by atoms with Gasteiger partial charge in [-0.3, -0.25) is 4.68 Å². The van der Waals surface area contributed by atoms with E-state index in [2.05, 4.69) is 43.9 Å². The molecule has 3 aromatic rings. The number of ether oxygens (including phenoxy) is 2. The van der Waals surface area contributed by atoms with Gasteiger partial charge >= 0.3 is 0 Å². The molecule has 0 aliphatic heterocycles. The molecule has 0 bridgehead atoms. The van der Waals surface area contributed by atoms with Crippen molar-refractivity contribution >= 4 is 22.8 Å². The normalized spacial score (nSPS) is 14.1. The summed E-state index contributed by atoms with van der Waals surface area (Å²) in [7, 11) is 3.36. The molecule has 30 heavy (non-hydrogen) atoms. The van der Waals surface area contributed by atoms with E-state index in [9.17, 15) is 0 Å². The number of hydrogen-bond acceptors (Lipinski definition) is 8. The number of nitrogen functional groups attached to an aromatic ring is 1. The van der Waals surface area contributed by atoms with E-state index in [-0.39, 0.29) is 5.95 Å². The van der Waals surface area contributed by atoms with Crippen molar-refractivity contribution in [1.82, 2.24) is 25.1 Å². The topological polar surface area (TPSA) is 112 Å². The number of anilines is 2. The van der Waals surface area contributed by atoms with Gasteiger partial charge in [-0.15, -0.1) is 0 Å². The van der Waals surface area contributed by atoms with Crippen LogP contribution in [-0.2, 0) is 17.8 Å². The Labute approximate surface area is 176 Å². The molecule has 4 N–H and O–H groups in total. The van der Waals surface area contributed by atoms with E-state index >= 15 is 0 Å². The van der Waals surface area contributed by atoms with Gasteiger partial charge in [0, 0.05) is 31.8 Å². The summed E-state index contributed by atoms with van der Waals surface area (Å²) >= 11 is 0. The van der Waals surface area contributed by atoms with Crippen molar-refractivity contribution in [1.29, 1.82) is 0 Å². The van der Waals surface area contributed by atoms with Crippen molar-refractivity contribution < 1.29 is 9.47 Å². The SMILES string of the molecule is COCCNc1nc(N)nc2cnn(Cc3ccc(CNC4CCC4)cc3OC)c12. The van der Waals surface area contributed by atoms with Gasteiger partial charge in [-0.2, -0.15) is 10.1 Å². The van der Waals surface area contributed by atoms with E-state index in [1.165, 1.54) is 24.8 Å². The lowest BCUT2D eigenvalue weighted by molar-refractivity contribution is 0.210. The molecule has 2 aromatic heterocycles. The summed E-state index contributed by atoms with van der Waals surface area (Å²) in [6, 6.07) is 6.99. The number of benzene rings is 1. The molecule has 0 spiro atoms. The van der Waals surface area contributed by atoms with Crippen LogP contribution in [0.1, 0.15) is 30.4 Å². The standard InChI is InChI=1S/C21H29N7O2/c1-29-9-8-23-20-19-17(26-21(22)27-20)12-25-28(19)13-15-7-6-14(10-18(15)30-2)11-24-16-4-3-5-16/h6-7,10,12,16,24H,3-5,8-9,11,13H2,1-2H3,(H3,22,23,26,27). The summed E-state index contributed by atoms with van der Waals surface area (Å²) in [6.45, 7) is 2.56. The Morgan fingerprint density at radius 2 is 2.10 bits per heavy atom. The third-order valence-electron chi connectivity index (χ3n) is 5.48. The maximum atomic E-state index is 5.86. The number of nitrogens with one attached hydrogen (secondary N) is 2. The Hall–Kier alpha value is -2.91. The summed E-state index contributed by atoms with van der Waals surface area (Å²) in [6.07, 6.45) is 5.58. The summed E-state index contributed by atoms with van der Waals surface area (Å²) in [5.41, 5.74) is 9.61. The van der Waals surface area contributed by atoms with Crippen LogP contribution in [0.2, 0.25) is 0 Å². The fourth-order valence-electron chi connectivity index (χ4n) is 3.60. The fraction of sp³-hybridized carbons (Fsp3) is 0.476. The number of hydrogen-bond donors (Lipinski definition) is 3. The average molecular weight is 412 g/mol. The van der Waals surface area contributed by atoms with Crippen LogP contribution >= 0.6 is 0 Å². The van der Waals surface area contributed by atoms with E-state index in [1.54, 1.807) is 20.4 Å². The van der Waals surface area contributed by atoms with Crippen molar-refractivity contribution in [2.75, 3.05) is 38.4 Å². The third-order valence-corrected chi connectivity index (χ3v) is 5.48. The first-order valence-corrected chi connectivity index (χ1v) is 10.3. The van der Waals surface area contributed by atoms with Gasteiger partial charge in [0.25, 0.3) is 0 Å². The first-order valence-electron chi connectivity index (χ1n) is 10.3. The number of fused-ring (bicyclic) bond motifs is 1. The van der Waals surface area contributed by atoms with Crippen LogP contribution < -0.4 is 21.1 Å². The zero-order valence-electron chi connectivity index (χ0n) is 17.5. The van der Waals surface area contributed by atoms with Crippen LogP contribution in [0.4, 0.5) is 11.8 Å². The molecule has 0 unspecified atom stereocenters. The zero-order chi connectivity index (χ0) is 20.9. The minimum Gasteiger partial charge on any atom is -0.496 e.